The van der Waals surface area contributed by atoms with E-state index in [1.165, 1.54) is 12.8 Å². The van der Waals surface area contributed by atoms with Crippen LogP contribution in [0.5, 0.6) is 5.75 Å². The van der Waals surface area contributed by atoms with Crippen LogP contribution in [0.3, 0.4) is 0 Å². The van der Waals surface area contributed by atoms with Crippen LogP contribution in [-0.4, -0.2) is 5.11 Å². The van der Waals surface area contributed by atoms with Crippen molar-refractivity contribution in [2.45, 2.75) is 18.9 Å². The van der Waals surface area contributed by atoms with Crippen molar-refractivity contribution < 1.29 is 5.11 Å². The van der Waals surface area contributed by atoms with Gasteiger partial charge in [-0.3, -0.25) is 0 Å². The van der Waals surface area contributed by atoms with Gasteiger partial charge >= 0.3 is 0 Å². The zero-order chi connectivity index (χ0) is 10.3. The Morgan fingerprint density at radius 3 is 2.43 bits per heavy atom. The number of halogens is 2. The van der Waals surface area contributed by atoms with Gasteiger partial charge in [0, 0.05) is 16.1 Å². The molecular weight excluding hydrogens is 310 g/mol. The van der Waals surface area contributed by atoms with Crippen molar-refractivity contribution in [1.82, 2.24) is 0 Å². The minimum Gasteiger partial charge on any atom is -0.506 e. The summed E-state index contributed by atoms with van der Waals surface area (Å²) in [5, 5.41) is 9.87. The highest BCUT2D eigenvalue weighted by Crippen LogP contribution is 2.46. The van der Waals surface area contributed by atoms with E-state index in [9.17, 15) is 5.11 Å². The Bertz CT molecular complexity index is 363. The molecule has 0 saturated heterocycles. The molecule has 0 bridgehead atoms. The maximum atomic E-state index is 9.87. The van der Waals surface area contributed by atoms with Crippen molar-refractivity contribution in [3.63, 3.8) is 0 Å². The third-order valence-corrected chi connectivity index (χ3v) is 3.91. The van der Waals surface area contributed by atoms with Crippen molar-refractivity contribution in [2.75, 3.05) is 0 Å². The number of hydrogen-bond acceptors (Lipinski definition) is 2. The average molecular weight is 321 g/mol. The molecule has 0 aliphatic heterocycles. The van der Waals surface area contributed by atoms with E-state index < -0.39 is 0 Å². The Morgan fingerprint density at radius 1 is 1.29 bits per heavy atom. The third kappa shape index (κ3) is 1.83. The first-order chi connectivity index (χ1) is 6.61. The monoisotopic (exact) mass is 319 g/mol. The van der Waals surface area contributed by atoms with Crippen molar-refractivity contribution in [3.05, 3.63) is 26.6 Å². The van der Waals surface area contributed by atoms with Crippen LogP contribution in [0.15, 0.2) is 21.1 Å². The van der Waals surface area contributed by atoms with Gasteiger partial charge in [-0.2, -0.15) is 0 Å². The number of benzene rings is 1. The van der Waals surface area contributed by atoms with Crippen LogP contribution in [0.4, 0.5) is 0 Å². The van der Waals surface area contributed by atoms with Gasteiger partial charge in [0.05, 0.1) is 4.47 Å². The third-order valence-electron chi connectivity index (χ3n) is 2.58. The number of phenolic OH excluding ortho intramolecular Hbond substituents is 1. The fourth-order valence-electron chi connectivity index (χ4n) is 1.56. The van der Waals surface area contributed by atoms with E-state index in [1.807, 2.05) is 12.1 Å². The topological polar surface area (TPSA) is 46.2 Å². The van der Waals surface area contributed by atoms with Gasteiger partial charge in [0.25, 0.3) is 0 Å². The predicted molar refractivity (Wildman–Crippen MR) is 63.2 cm³/mol. The second-order valence-corrected chi connectivity index (χ2v) is 5.36. The molecule has 76 valence electrons. The van der Waals surface area contributed by atoms with E-state index in [-0.39, 0.29) is 11.8 Å². The second kappa shape index (κ2) is 3.83. The molecule has 3 N–H and O–H groups in total. The SMILES string of the molecule is N[C@H](c1c(Br)ccc(Br)c1O)C1CC1. The fraction of sp³-hybridized carbons (Fsp3) is 0.400. The van der Waals surface area contributed by atoms with Gasteiger partial charge in [0.15, 0.2) is 0 Å². The molecule has 0 radical (unpaired) electrons. The Morgan fingerprint density at radius 2 is 1.86 bits per heavy atom. The Balaban J connectivity index is 2.43. The first-order valence-electron chi connectivity index (χ1n) is 4.53. The molecule has 1 aromatic rings. The Kier molecular flexibility index (Phi) is 2.86. The molecular formula is C10H11Br2NO. The van der Waals surface area contributed by atoms with Gasteiger partial charge in [0.2, 0.25) is 0 Å². The quantitative estimate of drug-likeness (QED) is 0.878. The van der Waals surface area contributed by atoms with Gasteiger partial charge in [-0.25, -0.2) is 0 Å². The van der Waals surface area contributed by atoms with Gasteiger partial charge < -0.3 is 10.8 Å². The molecule has 4 heteroatoms. The summed E-state index contributed by atoms with van der Waals surface area (Å²) in [7, 11) is 0. The molecule has 1 fully saturated rings. The van der Waals surface area contributed by atoms with E-state index in [0.717, 1.165) is 10.0 Å². The van der Waals surface area contributed by atoms with Crippen molar-refractivity contribution in [2.24, 2.45) is 11.7 Å². The van der Waals surface area contributed by atoms with Crippen molar-refractivity contribution in [3.8, 4) is 5.75 Å². The molecule has 0 unspecified atom stereocenters. The highest BCUT2D eigenvalue weighted by atomic mass is 79.9. The summed E-state index contributed by atoms with van der Waals surface area (Å²) in [6.07, 6.45) is 2.33. The van der Waals surface area contributed by atoms with Gasteiger partial charge in [-0.15, -0.1) is 0 Å². The minimum absolute atomic E-state index is 0.0538. The molecule has 0 aromatic heterocycles. The highest BCUT2D eigenvalue weighted by Gasteiger charge is 2.32. The number of aromatic hydroxyl groups is 1. The molecule has 1 atom stereocenters. The van der Waals surface area contributed by atoms with Crippen LogP contribution in [-0.2, 0) is 0 Å². The highest BCUT2D eigenvalue weighted by molar-refractivity contribution is 9.11. The van der Waals surface area contributed by atoms with Crippen LogP contribution in [0.2, 0.25) is 0 Å². The zero-order valence-electron chi connectivity index (χ0n) is 7.50. The Labute approximate surface area is 99.8 Å². The number of hydrogen-bond donors (Lipinski definition) is 2. The fourth-order valence-corrected chi connectivity index (χ4v) is 2.49. The minimum atomic E-state index is -0.0538. The van der Waals surface area contributed by atoms with E-state index >= 15 is 0 Å². The van der Waals surface area contributed by atoms with Crippen LogP contribution < -0.4 is 5.73 Å². The van der Waals surface area contributed by atoms with Gasteiger partial charge in [-0.1, -0.05) is 15.9 Å². The number of nitrogens with two attached hydrogens (primary N) is 1. The Hall–Kier alpha value is -0.0600. The van der Waals surface area contributed by atoms with Crippen molar-refractivity contribution >= 4 is 31.9 Å². The first kappa shape index (κ1) is 10.5. The summed E-state index contributed by atoms with van der Waals surface area (Å²) in [6, 6.07) is 3.66. The van der Waals surface area contributed by atoms with Crippen LogP contribution in [0.25, 0.3) is 0 Å². The molecule has 0 spiro atoms. The van der Waals surface area contributed by atoms with E-state index in [0.29, 0.717) is 10.4 Å². The summed E-state index contributed by atoms with van der Waals surface area (Å²) in [5.74, 6) is 0.797. The van der Waals surface area contributed by atoms with Gasteiger partial charge in [-0.05, 0) is 46.8 Å². The lowest BCUT2D eigenvalue weighted by Gasteiger charge is -2.15. The molecule has 1 aliphatic rings. The molecule has 0 heterocycles. The number of phenols is 1. The lowest BCUT2D eigenvalue weighted by atomic mass is 10.0. The molecule has 1 aromatic carbocycles. The molecule has 1 saturated carbocycles. The lowest BCUT2D eigenvalue weighted by molar-refractivity contribution is 0.452. The van der Waals surface area contributed by atoms with Crippen LogP contribution in [0, 0.1) is 5.92 Å². The zero-order valence-corrected chi connectivity index (χ0v) is 10.7. The average Bonchev–Trinajstić information content (AvgIpc) is 2.95. The van der Waals surface area contributed by atoms with Gasteiger partial charge in [0.1, 0.15) is 5.75 Å². The standard InChI is InChI=1S/C10H11Br2NO/c11-6-3-4-7(12)10(14)8(6)9(13)5-1-2-5/h3-5,9,14H,1-2,13H2/t9-/m0/s1. The summed E-state index contributed by atoms with van der Waals surface area (Å²) in [6.45, 7) is 0. The van der Waals surface area contributed by atoms with Crippen molar-refractivity contribution in [1.29, 1.82) is 0 Å². The van der Waals surface area contributed by atoms with Crippen LogP contribution >= 0.6 is 31.9 Å². The maximum absolute atomic E-state index is 9.87. The lowest BCUT2D eigenvalue weighted by Crippen LogP contribution is -2.13. The second-order valence-electron chi connectivity index (χ2n) is 3.65. The normalized spacial score (nSPS) is 18.2. The number of rotatable bonds is 2. The first-order valence-corrected chi connectivity index (χ1v) is 6.12. The summed E-state index contributed by atoms with van der Waals surface area (Å²) in [4.78, 5) is 0. The molecule has 1 aliphatic carbocycles. The molecule has 0 amide bonds. The van der Waals surface area contributed by atoms with E-state index in [4.69, 9.17) is 5.73 Å². The van der Waals surface area contributed by atoms with E-state index in [2.05, 4.69) is 31.9 Å². The van der Waals surface area contributed by atoms with E-state index in [1.54, 1.807) is 0 Å². The molecule has 2 nitrogen and oxygen atoms in total. The molecule has 2 rings (SSSR count). The maximum Gasteiger partial charge on any atom is 0.135 e. The van der Waals surface area contributed by atoms with Crippen LogP contribution in [0.1, 0.15) is 24.4 Å². The predicted octanol–water partition coefficient (Wildman–Crippen LogP) is 3.33. The summed E-state index contributed by atoms with van der Waals surface area (Å²) >= 11 is 6.71. The summed E-state index contributed by atoms with van der Waals surface area (Å²) in [5.41, 5.74) is 6.88. The molecule has 14 heavy (non-hydrogen) atoms. The largest absolute Gasteiger partial charge is 0.506 e. The smallest absolute Gasteiger partial charge is 0.135 e. The summed E-state index contributed by atoms with van der Waals surface area (Å²) < 4.78 is 1.59.